The van der Waals surface area contributed by atoms with Crippen LogP contribution in [0.4, 0.5) is 0 Å². The van der Waals surface area contributed by atoms with Gasteiger partial charge in [-0.05, 0) is 35.7 Å². The quantitative estimate of drug-likeness (QED) is 0.831. The molecule has 0 aromatic heterocycles. The van der Waals surface area contributed by atoms with Crippen molar-refractivity contribution in [1.29, 1.82) is 0 Å². The summed E-state index contributed by atoms with van der Waals surface area (Å²) in [6.07, 6.45) is 0. The van der Waals surface area contributed by atoms with E-state index in [1.807, 2.05) is 12.1 Å². The van der Waals surface area contributed by atoms with E-state index in [0.717, 1.165) is 11.6 Å². The van der Waals surface area contributed by atoms with Crippen LogP contribution in [-0.2, 0) is 11.0 Å². The predicted molar refractivity (Wildman–Crippen MR) is 75.6 cm³/mol. The fraction of sp³-hybridized carbons (Fsp3) is 0.500. The van der Waals surface area contributed by atoms with Crippen molar-refractivity contribution in [2.24, 2.45) is 11.1 Å². The highest BCUT2D eigenvalue weighted by atomic mass is 28.3. The highest BCUT2D eigenvalue weighted by Crippen LogP contribution is 2.22. The van der Waals surface area contributed by atoms with Crippen LogP contribution in [0.3, 0.4) is 0 Å². The van der Waals surface area contributed by atoms with Gasteiger partial charge >= 0.3 is 0 Å². The lowest BCUT2D eigenvalue weighted by Gasteiger charge is -2.21. The monoisotopic (exact) mass is 264 g/mol. The molecule has 0 aliphatic carbocycles. The molecule has 1 aromatic carbocycles. The molecule has 1 rings (SSSR count). The zero-order valence-corrected chi connectivity index (χ0v) is 12.6. The van der Waals surface area contributed by atoms with E-state index in [-0.39, 0.29) is 0 Å². The van der Waals surface area contributed by atoms with Gasteiger partial charge in [-0.1, -0.05) is 32.9 Å². The van der Waals surface area contributed by atoms with E-state index in [1.54, 1.807) is 12.1 Å². The average molecular weight is 264 g/mol. The molecule has 0 aliphatic rings. The lowest BCUT2D eigenvalue weighted by molar-refractivity contribution is 0.1000. The first-order valence-electron chi connectivity index (χ1n) is 6.12. The molecule has 99 valence electrons. The Hall–Kier alpha value is -1.13. The van der Waals surface area contributed by atoms with Gasteiger partial charge in [-0.25, -0.2) is 0 Å². The Morgan fingerprint density at radius 1 is 1.28 bits per heavy atom. The summed E-state index contributed by atoms with van der Waals surface area (Å²) >= 11 is 0. The van der Waals surface area contributed by atoms with E-state index in [9.17, 15) is 4.79 Å². The van der Waals surface area contributed by atoms with Crippen LogP contribution in [0.2, 0.25) is 12.6 Å². The van der Waals surface area contributed by atoms with Crippen LogP contribution in [0.5, 0.6) is 0 Å². The number of hydrogen-bond donors (Lipinski definition) is 1. The first kappa shape index (κ1) is 14.9. The van der Waals surface area contributed by atoms with E-state index in [4.69, 9.17) is 10.2 Å². The van der Waals surface area contributed by atoms with Crippen molar-refractivity contribution in [2.75, 3.05) is 0 Å². The van der Waals surface area contributed by atoms with Crippen LogP contribution in [-0.4, -0.2) is 14.9 Å². The molecule has 4 heteroatoms. The topological polar surface area (TPSA) is 52.3 Å². The Balaban J connectivity index is 2.46. The Bertz CT molecular complexity index is 395. The normalized spacial score (nSPS) is 11.8. The molecule has 0 saturated heterocycles. The SMILES string of the molecule is C[Si](CC(C)(C)C)OCc1ccc(C(N)=O)cc1. The van der Waals surface area contributed by atoms with E-state index in [2.05, 4.69) is 27.3 Å². The van der Waals surface area contributed by atoms with Gasteiger partial charge in [0.25, 0.3) is 0 Å². The van der Waals surface area contributed by atoms with E-state index in [0.29, 0.717) is 17.6 Å². The third kappa shape index (κ3) is 5.47. The van der Waals surface area contributed by atoms with Crippen molar-refractivity contribution in [3.8, 4) is 0 Å². The standard InChI is InChI=1S/C14H22NO2Si/c1-14(2,3)10-18(4)17-9-11-5-7-12(8-6-11)13(15)16/h5-8H,9-10H2,1-4H3,(H2,15,16). The number of hydrogen-bond acceptors (Lipinski definition) is 2. The van der Waals surface area contributed by atoms with Crippen LogP contribution in [0.15, 0.2) is 24.3 Å². The molecule has 2 N–H and O–H groups in total. The van der Waals surface area contributed by atoms with Gasteiger partial charge in [-0.3, -0.25) is 4.79 Å². The predicted octanol–water partition coefficient (Wildman–Crippen LogP) is 2.97. The van der Waals surface area contributed by atoms with Gasteiger partial charge in [-0.15, -0.1) is 0 Å². The Kier molecular flexibility index (Phi) is 5.11. The zero-order chi connectivity index (χ0) is 13.8. The summed E-state index contributed by atoms with van der Waals surface area (Å²) in [7, 11) is -0.762. The van der Waals surface area contributed by atoms with Crippen LogP contribution < -0.4 is 5.73 Å². The van der Waals surface area contributed by atoms with E-state index in [1.165, 1.54) is 0 Å². The van der Waals surface area contributed by atoms with Crippen molar-refractivity contribution in [3.63, 3.8) is 0 Å². The minimum Gasteiger partial charge on any atom is -0.413 e. The molecule has 0 unspecified atom stereocenters. The van der Waals surface area contributed by atoms with Crippen molar-refractivity contribution in [1.82, 2.24) is 0 Å². The second kappa shape index (κ2) is 6.16. The molecule has 1 aromatic rings. The van der Waals surface area contributed by atoms with Crippen LogP contribution in [0.1, 0.15) is 36.7 Å². The highest BCUT2D eigenvalue weighted by Gasteiger charge is 2.17. The molecule has 1 radical (unpaired) electrons. The van der Waals surface area contributed by atoms with Gasteiger partial charge in [0.05, 0.1) is 6.61 Å². The number of rotatable bonds is 5. The molecule has 3 nitrogen and oxygen atoms in total. The smallest absolute Gasteiger partial charge is 0.248 e. The zero-order valence-electron chi connectivity index (χ0n) is 11.6. The number of primary amides is 1. The largest absolute Gasteiger partial charge is 0.413 e. The number of carbonyl (C=O) groups excluding carboxylic acids is 1. The molecule has 0 saturated carbocycles. The van der Waals surface area contributed by atoms with Crippen LogP contribution >= 0.6 is 0 Å². The fourth-order valence-corrected chi connectivity index (χ4v) is 3.78. The average Bonchev–Trinajstić information content (AvgIpc) is 2.24. The van der Waals surface area contributed by atoms with Crippen LogP contribution in [0.25, 0.3) is 0 Å². The fourth-order valence-electron chi connectivity index (χ4n) is 1.77. The maximum Gasteiger partial charge on any atom is 0.248 e. The highest BCUT2D eigenvalue weighted by molar-refractivity contribution is 6.50. The summed E-state index contributed by atoms with van der Waals surface area (Å²) in [6.45, 7) is 9.48. The molecule has 0 aliphatic heterocycles. The summed E-state index contributed by atoms with van der Waals surface area (Å²) < 4.78 is 5.89. The lowest BCUT2D eigenvalue weighted by atomic mass is 10.0. The van der Waals surface area contributed by atoms with Crippen molar-refractivity contribution in [3.05, 3.63) is 35.4 Å². The van der Waals surface area contributed by atoms with Gasteiger partial charge in [0, 0.05) is 5.56 Å². The molecule has 0 atom stereocenters. The second-order valence-corrected chi connectivity index (χ2v) is 7.84. The number of amides is 1. The van der Waals surface area contributed by atoms with E-state index < -0.39 is 14.9 Å². The summed E-state index contributed by atoms with van der Waals surface area (Å²) in [5, 5.41) is 0. The Labute approximate surface area is 111 Å². The number of benzene rings is 1. The Morgan fingerprint density at radius 2 is 1.83 bits per heavy atom. The summed E-state index contributed by atoms with van der Waals surface area (Å²) in [4.78, 5) is 10.9. The van der Waals surface area contributed by atoms with Crippen LogP contribution in [0, 0.1) is 5.41 Å². The van der Waals surface area contributed by atoms with Gasteiger partial charge in [0.2, 0.25) is 14.9 Å². The first-order chi connectivity index (χ1) is 8.28. The Morgan fingerprint density at radius 3 is 2.28 bits per heavy atom. The van der Waals surface area contributed by atoms with Gasteiger partial charge in [-0.2, -0.15) is 0 Å². The van der Waals surface area contributed by atoms with Gasteiger partial charge < -0.3 is 10.2 Å². The van der Waals surface area contributed by atoms with Gasteiger partial charge in [0.15, 0.2) is 0 Å². The maximum absolute atomic E-state index is 10.9. The number of nitrogens with two attached hydrogens (primary N) is 1. The molecule has 1 amide bonds. The minimum absolute atomic E-state index is 0.318. The molecule has 0 heterocycles. The minimum atomic E-state index is -0.762. The molecule has 0 spiro atoms. The second-order valence-electron chi connectivity index (χ2n) is 5.79. The molecular formula is C14H22NO2Si. The molecule has 0 fully saturated rings. The molecular weight excluding hydrogens is 242 g/mol. The molecule has 0 bridgehead atoms. The van der Waals surface area contributed by atoms with E-state index >= 15 is 0 Å². The van der Waals surface area contributed by atoms with Gasteiger partial charge in [0.1, 0.15) is 0 Å². The third-order valence-corrected chi connectivity index (χ3v) is 4.70. The number of carbonyl (C=O) groups is 1. The maximum atomic E-state index is 10.9. The summed E-state index contributed by atoms with van der Waals surface area (Å²) in [5.74, 6) is -0.393. The third-order valence-electron chi connectivity index (χ3n) is 2.50. The molecule has 18 heavy (non-hydrogen) atoms. The summed E-state index contributed by atoms with van der Waals surface area (Å²) in [5.41, 5.74) is 7.13. The summed E-state index contributed by atoms with van der Waals surface area (Å²) in [6, 6.07) is 8.40. The van der Waals surface area contributed by atoms with Crippen molar-refractivity contribution >= 4 is 14.9 Å². The van der Waals surface area contributed by atoms with Crippen molar-refractivity contribution < 1.29 is 9.22 Å². The lowest BCUT2D eigenvalue weighted by Crippen LogP contribution is -2.21. The van der Waals surface area contributed by atoms with Crippen molar-refractivity contribution in [2.45, 2.75) is 40.0 Å². The first-order valence-corrected chi connectivity index (χ1v) is 8.23.